The number of aliphatic carboxylic acids is 1. The van der Waals surface area contributed by atoms with Crippen molar-refractivity contribution in [2.75, 3.05) is 0 Å². The molecule has 3 nitrogen and oxygen atoms in total. The fourth-order valence-electron chi connectivity index (χ4n) is 1.69. The third-order valence-electron chi connectivity index (χ3n) is 2.77. The Bertz CT molecular complexity index is 562. The molecule has 0 aliphatic heterocycles. The smallest absolute Gasteiger partial charge is 0.306 e. The van der Waals surface area contributed by atoms with Gasteiger partial charge in [0.05, 0.1) is 16.6 Å². The van der Waals surface area contributed by atoms with E-state index in [0.29, 0.717) is 6.42 Å². The summed E-state index contributed by atoms with van der Waals surface area (Å²) in [5, 5.41) is 11.7. The zero-order valence-electron chi connectivity index (χ0n) is 10.4. The Morgan fingerprint density at radius 1 is 1.50 bits per heavy atom. The Hall–Kier alpha value is -1.68. The molecule has 0 aliphatic carbocycles. The number of carboxylic acids is 1. The molecule has 1 aromatic heterocycles. The van der Waals surface area contributed by atoms with E-state index in [4.69, 9.17) is 5.11 Å². The van der Waals surface area contributed by atoms with E-state index in [1.54, 1.807) is 6.92 Å². The Balaban J connectivity index is 2.18. The zero-order chi connectivity index (χ0) is 13.1. The van der Waals surface area contributed by atoms with Gasteiger partial charge in [-0.05, 0) is 13.0 Å². The number of rotatable bonds is 4. The lowest BCUT2D eigenvalue weighted by Gasteiger charge is -2.02. The fraction of sp³-hybridized carbons (Fsp3) is 0.286. The van der Waals surface area contributed by atoms with Gasteiger partial charge in [0, 0.05) is 17.4 Å². The van der Waals surface area contributed by atoms with Crippen LogP contribution in [0.3, 0.4) is 0 Å². The zero-order valence-corrected chi connectivity index (χ0v) is 11.2. The van der Waals surface area contributed by atoms with Crippen LogP contribution in [0.5, 0.6) is 0 Å². The number of hydrogen-bond donors (Lipinski definition) is 1. The summed E-state index contributed by atoms with van der Waals surface area (Å²) in [6.45, 7) is 3.75. The second-order valence-electron chi connectivity index (χ2n) is 4.44. The first kappa shape index (κ1) is 12.8. The number of hydrogen-bond acceptors (Lipinski definition) is 3. The van der Waals surface area contributed by atoms with E-state index >= 15 is 0 Å². The van der Waals surface area contributed by atoms with E-state index in [-0.39, 0.29) is 5.92 Å². The standard InChI is InChI=1S/C14H15NO2S/c1-9-4-3-5-11(6-9)12-8-18-13(15-12)7-10(2)14(16)17/h3-6,8,10H,7H2,1-2H3,(H,16,17). The predicted octanol–water partition coefficient (Wildman–Crippen LogP) is 3.38. The molecule has 0 radical (unpaired) electrons. The van der Waals surface area contributed by atoms with Crippen LogP contribution in [0.25, 0.3) is 11.3 Å². The first-order valence-electron chi connectivity index (χ1n) is 5.80. The van der Waals surface area contributed by atoms with Crippen molar-refractivity contribution >= 4 is 17.3 Å². The molecule has 18 heavy (non-hydrogen) atoms. The second-order valence-corrected chi connectivity index (χ2v) is 5.38. The third kappa shape index (κ3) is 2.96. The number of carboxylic acid groups (broad SMARTS) is 1. The molecular weight excluding hydrogens is 246 g/mol. The molecule has 4 heteroatoms. The van der Waals surface area contributed by atoms with Gasteiger partial charge in [-0.15, -0.1) is 11.3 Å². The molecule has 1 aromatic carbocycles. The lowest BCUT2D eigenvalue weighted by molar-refractivity contribution is -0.141. The maximum atomic E-state index is 10.8. The summed E-state index contributed by atoms with van der Waals surface area (Å²) in [6.07, 6.45) is 0.492. The van der Waals surface area contributed by atoms with Crippen molar-refractivity contribution in [3.8, 4) is 11.3 Å². The summed E-state index contributed by atoms with van der Waals surface area (Å²) in [4.78, 5) is 15.3. The SMILES string of the molecule is Cc1cccc(-c2csc(CC(C)C(=O)O)n2)c1. The normalized spacial score (nSPS) is 12.3. The first-order valence-corrected chi connectivity index (χ1v) is 6.68. The minimum Gasteiger partial charge on any atom is -0.481 e. The van der Waals surface area contributed by atoms with Crippen molar-refractivity contribution in [1.82, 2.24) is 4.98 Å². The lowest BCUT2D eigenvalue weighted by atomic mass is 10.1. The molecule has 0 spiro atoms. The highest BCUT2D eigenvalue weighted by atomic mass is 32.1. The van der Waals surface area contributed by atoms with Gasteiger partial charge in [-0.25, -0.2) is 4.98 Å². The van der Waals surface area contributed by atoms with Crippen LogP contribution in [0.4, 0.5) is 0 Å². The Kier molecular flexibility index (Phi) is 3.77. The predicted molar refractivity (Wildman–Crippen MR) is 72.8 cm³/mol. The van der Waals surface area contributed by atoms with E-state index in [1.807, 2.05) is 30.5 Å². The minimum atomic E-state index is -0.776. The molecule has 0 saturated carbocycles. The maximum Gasteiger partial charge on any atom is 0.306 e. The topological polar surface area (TPSA) is 50.2 Å². The minimum absolute atomic E-state index is 0.387. The van der Waals surface area contributed by atoms with Crippen LogP contribution in [0, 0.1) is 12.8 Å². The van der Waals surface area contributed by atoms with Crippen LogP contribution in [-0.2, 0) is 11.2 Å². The number of thiazole rings is 1. The molecule has 1 atom stereocenters. The van der Waals surface area contributed by atoms with Crippen LogP contribution < -0.4 is 0 Å². The van der Waals surface area contributed by atoms with Gasteiger partial charge in [0.1, 0.15) is 0 Å². The van der Waals surface area contributed by atoms with Gasteiger partial charge in [0.2, 0.25) is 0 Å². The fourth-order valence-corrected chi connectivity index (χ4v) is 2.62. The van der Waals surface area contributed by atoms with E-state index in [2.05, 4.69) is 11.1 Å². The average Bonchev–Trinajstić information content (AvgIpc) is 2.77. The van der Waals surface area contributed by atoms with Crippen LogP contribution in [0.2, 0.25) is 0 Å². The average molecular weight is 261 g/mol. The molecule has 2 rings (SSSR count). The highest BCUT2D eigenvalue weighted by molar-refractivity contribution is 7.09. The van der Waals surface area contributed by atoms with Crippen molar-refractivity contribution < 1.29 is 9.90 Å². The van der Waals surface area contributed by atoms with Crippen molar-refractivity contribution in [2.24, 2.45) is 5.92 Å². The van der Waals surface area contributed by atoms with Gasteiger partial charge in [0.25, 0.3) is 0 Å². The molecule has 2 aromatic rings. The van der Waals surface area contributed by atoms with Gasteiger partial charge >= 0.3 is 5.97 Å². The summed E-state index contributed by atoms with van der Waals surface area (Å²) in [7, 11) is 0. The number of nitrogens with zero attached hydrogens (tertiary/aromatic N) is 1. The molecule has 0 fully saturated rings. The second kappa shape index (κ2) is 5.31. The van der Waals surface area contributed by atoms with Crippen LogP contribution in [-0.4, -0.2) is 16.1 Å². The highest BCUT2D eigenvalue weighted by Gasteiger charge is 2.14. The van der Waals surface area contributed by atoms with Crippen LogP contribution in [0.15, 0.2) is 29.6 Å². The van der Waals surface area contributed by atoms with E-state index < -0.39 is 5.97 Å². The Morgan fingerprint density at radius 2 is 2.28 bits per heavy atom. The van der Waals surface area contributed by atoms with Crippen molar-refractivity contribution in [3.63, 3.8) is 0 Å². The lowest BCUT2D eigenvalue weighted by Crippen LogP contribution is -2.11. The quantitative estimate of drug-likeness (QED) is 0.917. The summed E-state index contributed by atoms with van der Waals surface area (Å²) in [6, 6.07) is 8.15. The number of benzene rings is 1. The van der Waals surface area contributed by atoms with Crippen molar-refractivity contribution in [1.29, 1.82) is 0 Å². The molecule has 1 N–H and O–H groups in total. The van der Waals surface area contributed by atoms with Crippen molar-refractivity contribution in [3.05, 3.63) is 40.2 Å². The Labute approximate surface area is 110 Å². The van der Waals surface area contributed by atoms with Crippen molar-refractivity contribution in [2.45, 2.75) is 20.3 Å². The molecule has 94 valence electrons. The largest absolute Gasteiger partial charge is 0.481 e. The van der Waals surface area contributed by atoms with E-state index in [9.17, 15) is 4.79 Å². The number of carbonyl (C=O) groups is 1. The molecule has 0 bridgehead atoms. The third-order valence-corrected chi connectivity index (χ3v) is 3.64. The van der Waals surface area contributed by atoms with E-state index in [1.165, 1.54) is 16.9 Å². The summed E-state index contributed by atoms with van der Waals surface area (Å²) < 4.78 is 0. The summed E-state index contributed by atoms with van der Waals surface area (Å²) >= 11 is 1.52. The molecule has 0 amide bonds. The number of aromatic nitrogens is 1. The first-order chi connectivity index (χ1) is 8.56. The summed E-state index contributed by atoms with van der Waals surface area (Å²) in [5.41, 5.74) is 3.21. The van der Waals surface area contributed by atoms with Gasteiger partial charge in [-0.2, -0.15) is 0 Å². The molecular formula is C14H15NO2S. The monoisotopic (exact) mass is 261 g/mol. The van der Waals surface area contributed by atoms with Gasteiger partial charge in [-0.3, -0.25) is 4.79 Å². The number of aryl methyl sites for hydroxylation is 1. The summed E-state index contributed by atoms with van der Waals surface area (Å²) in [5.74, 6) is -1.16. The van der Waals surface area contributed by atoms with Crippen LogP contribution >= 0.6 is 11.3 Å². The van der Waals surface area contributed by atoms with Gasteiger partial charge in [0.15, 0.2) is 0 Å². The van der Waals surface area contributed by atoms with Crippen LogP contribution in [0.1, 0.15) is 17.5 Å². The molecule has 0 saturated heterocycles. The molecule has 1 unspecified atom stereocenters. The maximum absolute atomic E-state index is 10.8. The van der Waals surface area contributed by atoms with Gasteiger partial charge in [-0.1, -0.05) is 30.7 Å². The van der Waals surface area contributed by atoms with E-state index in [0.717, 1.165) is 16.3 Å². The molecule has 0 aliphatic rings. The van der Waals surface area contributed by atoms with Gasteiger partial charge < -0.3 is 5.11 Å². The highest BCUT2D eigenvalue weighted by Crippen LogP contribution is 2.24. The molecule has 1 heterocycles. The Morgan fingerprint density at radius 3 is 2.94 bits per heavy atom.